The summed E-state index contributed by atoms with van der Waals surface area (Å²) in [5, 5.41) is 3.77. The lowest BCUT2D eigenvalue weighted by Crippen LogP contribution is -2.29. The number of carbonyl (C=O) groups excluding carboxylic acids is 1. The third-order valence-corrected chi connectivity index (χ3v) is 3.71. The lowest BCUT2D eigenvalue weighted by molar-refractivity contribution is -0.122. The number of nitrogens with one attached hydrogen (secondary N) is 2. The van der Waals surface area contributed by atoms with Crippen LogP contribution in [-0.2, 0) is 4.79 Å². The first-order chi connectivity index (χ1) is 8.34. The topological polar surface area (TPSA) is 53.5 Å². The molecule has 2 N–H and O–H groups in total. The Morgan fingerprint density at radius 1 is 1.41 bits per heavy atom. The Morgan fingerprint density at radius 3 is 3.24 bits per heavy atom. The van der Waals surface area contributed by atoms with Crippen molar-refractivity contribution in [1.82, 2.24) is 10.1 Å². The summed E-state index contributed by atoms with van der Waals surface area (Å²) in [7, 11) is 0. The summed E-state index contributed by atoms with van der Waals surface area (Å²) < 4.78 is 3.08. The molecule has 17 heavy (non-hydrogen) atoms. The summed E-state index contributed by atoms with van der Waals surface area (Å²) in [4.78, 5) is 12.9. The van der Waals surface area contributed by atoms with Crippen molar-refractivity contribution in [3.8, 4) is 0 Å². The largest absolute Gasteiger partial charge is 0.332 e. The highest BCUT2D eigenvalue weighted by molar-refractivity contribution is 7.97. The molecule has 0 saturated carbocycles. The molecule has 1 unspecified atom stereocenters. The van der Waals surface area contributed by atoms with Crippen LogP contribution in [0.25, 0.3) is 6.08 Å². The van der Waals surface area contributed by atoms with Gasteiger partial charge in [0, 0.05) is 23.7 Å². The summed E-state index contributed by atoms with van der Waals surface area (Å²) >= 11 is 1.58. The van der Waals surface area contributed by atoms with Gasteiger partial charge in [0.05, 0.1) is 5.92 Å². The number of benzene rings is 1. The quantitative estimate of drug-likeness (QED) is 0.742. The number of hydrogen-bond donors (Lipinski definition) is 2. The summed E-state index contributed by atoms with van der Waals surface area (Å²) in [6.45, 7) is 0. The molecule has 0 saturated heterocycles. The predicted molar refractivity (Wildman–Crippen MR) is 68.5 cm³/mol. The Morgan fingerprint density at radius 2 is 2.35 bits per heavy atom. The van der Waals surface area contributed by atoms with E-state index < -0.39 is 0 Å². The SMILES string of the molecule is O=C1NN=CCC1c1ccc2c(c1)C=CNS2. The first kappa shape index (κ1) is 10.4. The second-order valence-electron chi connectivity index (χ2n) is 3.93. The van der Waals surface area contributed by atoms with Crippen LogP contribution in [0.15, 0.2) is 34.4 Å². The van der Waals surface area contributed by atoms with Crippen molar-refractivity contribution in [3.63, 3.8) is 0 Å². The van der Waals surface area contributed by atoms with Gasteiger partial charge in [0.1, 0.15) is 0 Å². The van der Waals surface area contributed by atoms with Crippen molar-refractivity contribution in [2.45, 2.75) is 17.2 Å². The van der Waals surface area contributed by atoms with Gasteiger partial charge in [-0.25, -0.2) is 5.43 Å². The zero-order chi connectivity index (χ0) is 11.7. The molecule has 2 aliphatic heterocycles. The van der Waals surface area contributed by atoms with E-state index in [-0.39, 0.29) is 11.8 Å². The standard InChI is InChI=1S/C12H11N3OS/c16-12-10(4-5-13-15-12)8-1-2-11-9(7-8)3-6-14-17-11/h1-3,5-7,10,14H,4H2,(H,15,16). The van der Waals surface area contributed by atoms with Crippen molar-refractivity contribution in [3.05, 3.63) is 35.5 Å². The monoisotopic (exact) mass is 245 g/mol. The summed E-state index contributed by atoms with van der Waals surface area (Å²) in [6, 6.07) is 6.13. The van der Waals surface area contributed by atoms with Crippen LogP contribution in [0.2, 0.25) is 0 Å². The lowest BCUT2D eigenvalue weighted by Gasteiger charge is -2.19. The molecule has 2 heterocycles. The number of nitrogens with zero attached hydrogens (tertiary/aromatic N) is 1. The molecule has 0 aromatic heterocycles. The molecule has 0 spiro atoms. The van der Waals surface area contributed by atoms with Gasteiger partial charge in [-0.2, -0.15) is 5.10 Å². The first-order valence-corrected chi connectivity index (χ1v) is 6.20. The highest BCUT2D eigenvalue weighted by atomic mass is 32.2. The van der Waals surface area contributed by atoms with Gasteiger partial charge >= 0.3 is 0 Å². The van der Waals surface area contributed by atoms with E-state index in [0.29, 0.717) is 6.42 Å². The molecule has 4 nitrogen and oxygen atoms in total. The van der Waals surface area contributed by atoms with Gasteiger partial charge in [0.15, 0.2) is 0 Å². The Balaban J connectivity index is 1.96. The van der Waals surface area contributed by atoms with Crippen LogP contribution in [0.3, 0.4) is 0 Å². The maximum absolute atomic E-state index is 11.7. The molecule has 3 rings (SSSR count). The van der Waals surface area contributed by atoms with Crippen LogP contribution in [0.1, 0.15) is 23.5 Å². The molecular weight excluding hydrogens is 234 g/mol. The van der Waals surface area contributed by atoms with E-state index >= 15 is 0 Å². The minimum absolute atomic E-state index is 0.0296. The molecule has 0 radical (unpaired) electrons. The average molecular weight is 245 g/mol. The fraction of sp³-hybridized carbons (Fsp3) is 0.167. The average Bonchev–Trinajstić information content (AvgIpc) is 2.39. The van der Waals surface area contributed by atoms with Crippen LogP contribution in [0.5, 0.6) is 0 Å². The molecule has 86 valence electrons. The van der Waals surface area contributed by atoms with E-state index in [1.54, 1.807) is 18.2 Å². The summed E-state index contributed by atoms with van der Waals surface area (Å²) in [5.74, 6) is -0.149. The Labute approximate surface area is 103 Å². The van der Waals surface area contributed by atoms with Gasteiger partial charge in [-0.15, -0.1) is 0 Å². The molecule has 0 aliphatic carbocycles. The normalized spacial score (nSPS) is 21.6. The van der Waals surface area contributed by atoms with Crippen molar-refractivity contribution in [2.75, 3.05) is 0 Å². The van der Waals surface area contributed by atoms with E-state index in [0.717, 1.165) is 11.1 Å². The van der Waals surface area contributed by atoms with Gasteiger partial charge < -0.3 is 4.72 Å². The molecule has 0 bridgehead atoms. The minimum Gasteiger partial charge on any atom is -0.332 e. The molecule has 5 heteroatoms. The van der Waals surface area contributed by atoms with Gasteiger partial charge in [-0.05, 0) is 41.3 Å². The van der Waals surface area contributed by atoms with Gasteiger partial charge in [-0.3, -0.25) is 4.79 Å². The molecule has 0 fully saturated rings. The first-order valence-electron chi connectivity index (χ1n) is 5.39. The van der Waals surface area contributed by atoms with Crippen LogP contribution in [0.4, 0.5) is 0 Å². The molecule has 1 amide bonds. The van der Waals surface area contributed by atoms with Crippen LogP contribution in [0, 0.1) is 0 Å². The minimum atomic E-state index is -0.119. The fourth-order valence-electron chi connectivity index (χ4n) is 1.97. The molecule has 1 aromatic rings. The smallest absolute Gasteiger partial charge is 0.247 e. The molecule has 1 aromatic carbocycles. The summed E-state index contributed by atoms with van der Waals surface area (Å²) in [5.41, 5.74) is 4.70. The highest BCUT2D eigenvalue weighted by Gasteiger charge is 2.22. The number of rotatable bonds is 1. The van der Waals surface area contributed by atoms with Crippen LogP contribution < -0.4 is 10.1 Å². The van der Waals surface area contributed by atoms with Crippen molar-refractivity contribution in [2.24, 2.45) is 5.10 Å². The van der Waals surface area contributed by atoms with Crippen molar-refractivity contribution < 1.29 is 4.79 Å². The Kier molecular flexibility index (Phi) is 2.60. The van der Waals surface area contributed by atoms with E-state index in [9.17, 15) is 4.79 Å². The molecule has 2 aliphatic rings. The zero-order valence-corrected chi connectivity index (χ0v) is 9.83. The van der Waals surface area contributed by atoms with E-state index in [1.165, 1.54) is 4.90 Å². The van der Waals surface area contributed by atoms with E-state index in [1.807, 2.05) is 24.4 Å². The Bertz CT molecular complexity index is 524. The zero-order valence-electron chi connectivity index (χ0n) is 9.01. The number of hydrazone groups is 1. The van der Waals surface area contributed by atoms with Gasteiger partial charge in [0.2, 0.25) is 5.91 Å². The maximum atomic E-state index is 11.7. The van der Waals surface area contributed by atoms with Gasteiger partial charge in [0.25, 0.3) is 0 Å². The fourth-order valence-corrected chi connectivity index (χ4v) is 2.61. The predicted octanol–water partition coefficient (Wildman–Crippen LogP) is 1.86. The molecular formula is C12H11N3OS. The second kappa shape index (κ2) is 4.25. The number of carbonyl (C=O) groups is 1. The third-order valence-electron chi connectivity index (χ3n) is 2.86. The van der Waals surface area contributed by atoms with Crippen LogP contribution >= 0.6 is 11.9 Å². The van der Waals surface area contributed by atoms with Crippen molar-refractivity contribution >= 4 is 30.1 Å². The van der Waals surface area contributed by atoms with Crippen LogP contribution in [-0.4, -0.2) is 12.1 Å². The second-order valence-corrected chi connectivity index (χ2v) is 4.81. The van der Waals surface area contributed by atoms with E-state index in [4.69, 9.17) is 0 Å². The molecule has 1 atom stereocenters. The number of amides is 1. The van der Waals surface area contributed by atoms with Crippen molar-refractivity contribution in [1.29, 1.82) is 0 Å². The van der Waals surface area contributed by atoms with Gasteiger partial charge in [-0.1, -0.05) is 6.07 Å². The highest BCUT2D eigenvalue weighted by Crippen LogP contribution is 2.30. The lowest BCUT2D eigenvalue weighted by atomic mass is 9.93. The third kappa shape index (κ3) is 1.93. The number of fused-ring (bicyclic) bond motifs is 1. The maximum Gasteiger partial charge on any atom is 0.247 e. The number of hydrogen-bond acceptors (Lipinski definition) is 4. The Hall–Kier alpha value is -1.75. The summed E-state index contributed by atoms with van der Waals surface area (Å²) in [6.07, 6.45) is 6.33. The van der Waals surface area contributed by atoms with E-state index in [2.05, 4.69) is 21.3 Å².